The molecule has 0 heterocycles. The van der Waals surface area contributed by atoms with Crippen molar-refractivity contribution < 1.29 is 80.2 Å². The maximum absolute atomic E-state index is 13.1. The van der Waals surface area contributed by atoms with Crippen molar-refractivity contribution in [1.82, 2.24) is 0 Å². The molecule has 0 bridgehead atoms. The van der Waals surface area contributed by atoms with Crippen LogP contribution in [0.1, 0.15) is 369 Å². The molecule has 0 aromatic carbocycles. The van der Waals surface area contributed by atoms with E-state index in [-0.39, 0.29) is 25.7 Å². The Morgan fingerprint density at radius 1 is 0.330 bits per heavy atom. The molecular weight excluding hydrogens is 1230 g/mol. The van der Waals surface area contributed by atoms with Crippen molar-refractivity contribution >= 4 is 39.5 Å². The average molecular weight is 1380 g/mol. The molecular formula is C75H142O17P2. The second-order valence-corrected chi connectivity index (χ2v) is 29.7. The van der Waals surface area contributed by atoms with Gasteiger partial charge in [0.25, 0.3) is 0 Å². The van der Waals surface area contributed by atoms with Gasteiger partial charge < -0.3 is 33.8 Å². The fourth-order valence-corrected chi connectivity index (χ4v) is 12.6. The smallest absolute Gasteiger partial charge is 0.462 e. The van der Waals surface area contributed by atoms with E-state index in [9.17, 15) is 43.2 Å². The lowest BCUT2D eigenvalue weighted by Crippen LogP contribution is -2.30. The van der Waals surface area contributed by atoms with Gasteiger partial charge in [0.2, 0.25) is 0 Å². The minimum Gasteiger partial charge on any atom is -0.462 e. The van der Waals surface area contributed by atoms with Gasteiger partial charge in [-0.05, 0) is 57.3 Å². The summed E-state index contributed by atoms with van der Waals surface area (Å²) in [5, 5.41) is 10.6. The Hall–Kier alpha value is -2.46. The Morgan fingerprint density at radius 3 is 0.872 bits per heavy atom. The van der Waals surface area contributed by atoms with Crippen LogP contribution in [0.2, 0.25) is 0 Å². The van der Waals surface area contributed by atoms with Crippen LogP contribution in [0.5, 0.6) is 0 Å². The molecule has 0 aliphatic rings. The minimum absolute atomic E-state index is 0.102. The van der Waals surface area contributed by atoms with Gasteiger partial charge in [-0.2, -0.15) is 0 Å². The number of rotatable bonds is 73. The zero-order chi connectivity index (χ0) is 69.1. The van der Waals surface area contributed by atoms with Crippen molar-refractivity contribution in [2.75, 3.05) is 39.6 Å². The maximum Gasteiger partial charge on any atom is 0.472 e. The first-order chi connectivity index (χ1) is 45.5. The molecule has 0 spiro atoms. The third-order valence-corrected chi connectivity index (χ3v) is 18.8. The lowest BCUT2D eigenvalue weighted by Gasteiger charge is -2.21. The number of carbonyl (C=O) groups excluding carboxylic acids is 4. The Bertz CT molecular complexity index is 1900. The predicted molar refractivity (Wildman–Crippen MR) is 381 cm³/mol. The molecule has 0 radical (unpaired) electrons. The van der Waals surface area contributed by atoms with Crippen molar-refractivity contribution in [2.45, 2.75) is 387 Å². The summed E-state index contributed by atoms with van der Waals surface area (Å²) in [6.07, 6.45) is 59.1. The van der Waals surface area contributed by atoms with Crippen molar-refractivity contribution in [3.8, 4) is 0 Å². The van der Waals surface area contributed by atoms with Crippen LogP contribution in [0.15, 0.2) is 24.3 Å². The van der Waals surface area contributed by atoms with E-state index in [0.29, 0.717) is 31.6 Å². The number of ether oxygens (including phenoxy) is 4. The molecule has 3 N–H and O–H groups in total. The molecule has 554 valence electrons. The van der Waals surface area contributed by atoms with Gasteiger partial charge in [-0.3, -0.25) is 37.3 Å². The molecule has 17 nitrogen and oxygen atoms in total. The first-order valence-corrected chi connectivity index (χ1v) is 41.4. The Labute approximate surface area is 573 Å². The van der Waals surface area contributed by atoms with E-state index in [1.807, 2.05) is 0 Å². The summed E-state index contributed by atoms with van der Waals surface area (Å²) in [4.78, 5) is 72.7. The third kappa shape index (κ3) is 68.1. The topological polar surface area (TPSA) is 237 Å². The lowest BCUT2D eigenvalue weighted by atomic mass is 10.0. The Balaban J connectivity index is 5.28. The standard InChI is InChI=1S/C75H142O17P2/c1-6-9-12-15-18-21-24-27-29-30-32-34-37-40-45-51-56-61-75(80)91-70(64-85-72(77)58-53-48-43-38-36-33-31-28-25-22-19-16-13-10-7-2)66-89-93(81,82)87-62-69(76)63-88-94(83,84)90-67-71(65-86-73(78)59-54-49-46-41-42-47-52-57-68(4)5)92-74(79)60-55-50-44-39-35-26-23-20-17-14-11-8-3/h22,25,28,31,68-71,76H,6-21,23-24,26-27,29-30,32-67H2,1-5H3,(H,81,82)(H,83,84)/b25-22-,31-28-/t69-,70-,71-/m1/s1. The number of hydrogen-bond acceptors (Lipinski definition) is 15. The zero-order valence-electron chi connectivity index (χ0n) is 60.6. The zero-order valence-corrected chi connectivity index (χ0v) is 62.4. The van der Waals surface area contributed by atoms with Gasteiger partial charge in [-0.25, -0.2) is 9.13 Å². The fraction of sp³-hybridized carbons (Fsp3) is 0.893. The van der Waals surface area contributed by atoms with Crippen molar-refractivity contribution in [2.24, 2.45) is 5.92 Å². The van der Waals surface area contributed by atoms with Crippen molar-refractivity contribution in [3.63, 3.8) is 0 Å². The normalized spacial score (nSPS) is 14.1. The Morgan fingerprint density at radius 2 is 0.574 bits per heavy atom. The number of aliphatic hydroxyl groups excluding tert-OH is 1. The second kappa shape index (κ2) is 67.7. The fourth-order valence-electron chi connectivity index (χ4n) is 11.0. The number of aliphatic hydroxyl groups is 1. The molecule has 0 aliphatic heterocycles. The molecule has 0 aromatic rings. The summed E-state index contributed by atoms with van der Waals surface area (Å²) in [6, 6.07) is 0. The lowest BCUT2D eigenvalue weighted by molar-refractivity contribution is -0.161. The molecule has 2 unspecified atom stereocenters. The molecule has 19 heteroatoms. The SMILES string of the molecule is CCCCCC/C=C\C=C/CCCCCCCC(=O)OC[C@H](COP(=O)(O)OC[C@@H](O)COP(=O)(O)OC[C@@H](COC(=O)CCCCCCCCCC(C)C)OC(=O)CCCCCCCCCCCCCC)OC(=O)CCCCCCCCCCCCCCCCCCC. The maximum atomic E-state index is 13.1. The van der Waals surface area contributed by atoms with Crippen LogP contribution in [-0.2, 0) is 65.4 Å². The van der Waals surface area contributed by atoms with Crippen LogP contribution >= 0.6 is 15.6 Å². The van der Waals surface area contributed by atoms with E-state index in [4.69, 9.17) is 37.0 Å². The van der Waals surface area contributed by atoms with Crippen LogP contribution < -0.4 is 0 Å². The van der Waals surface area contributed by atoms with E-state index in [1.165, 1.54) is 167 Å². The summed E-state index contributed by atoms with van der Waals surface area (Å²) in [5.74, 6) is -1.44. The van der Waals surface area contributed by atoms with E-state index >= 15 is 0 Å². The summed E-state index contributed by atoms with van der Waals surface area (Å²) in [5.41, 5.74) is 0. The van der Waals surface area contributed by atoms with E-state index < -0.39 is 97.5 Å². The van der Waals surface area contributed by atoms with Gasteiger partial charge in [0.1, 0.15) is 19.3 Å². The van der Waals surface area contributed by atoms with E-state index in [1.54, 1.807) is 0 Å². The third-order valence-electron chi connectivity index (χ3n) is 16.9. The summed E-state index contributed by atoms with van der Waals surface area (Å²) in [7, 11) is -9.92. The quantitative estimate of drug-likeness (QED) is 0.0169. The number of phosphoric acid groups is 2. The van der Waals surface area contributed by atoms with E-state index in [2.05, 4.69) is 58.9 Å². The molecule has 0 amide bonds. The highest BCUT2D eigenvalue weighted by molar-refractivity contribution is 7.47. The van der Waals surface area contributed by atoms with Gasteiger partial charge in [-0.1, -0.05) is 316 Å². The first kappa shape index (κ1) is 91.5. The molecule has 5 atom stereocenters. The predicted octanol–water partition coefficient (Wildman–Crippen LogP) is 21.6. The second-order valence-electron chi connectivity index (χ2n) is 26.8. The highest BCUT2D eigenvalue weighted by Crippen LogP contribution is 2.45. The van der Waals surface area contributed by atoms with Gasteiger partial charge in [0, 0.05) is 25.7 Å². The van der Waals surface area contributed by atoms with E-state index in [0.717, 1.165) is 116 Å². The van der Waals surface area contributed by atoms with Crippen LogP contribution in [0, 0.1) is 5.92 Å². The van der Waals surface area contributed by atoms with Crippen LogP contribution in [-0.4, -0.2) is 96.7 Å². The molecule has 0 aliphatic carbocycles. The van der Waals surface area contributed by atoms with Crippen LogP contribution in [0.25, 0.3) is 0 Å². The van der Waals surface area contributed by atoms with Crippen LogP contribution in [0.3, 0.4) is 0 Å². The summed E-state index contributed by atoms with van der Waals surface area (Å²) < 4.78 is 68.4. The molecule has 0 saturated heterocycles. The van der Waals surface area contributed by atoms with Gasteiger partial charge in [0.15, 0.2) is 12.2 Å². The first-order valence-electron chi connectivity index (χ1n) is 38.5. The minimum atomic E-state index is -4.96. The monoisotopic (exact) mass is 1380 g/mol. The molecule has 0 rings (SSSR count). The number of carbonyl (C=O) groups is 4. The molecule has 0 fully saturated rings. The number of phosphoric ester groups is 2. The molecule has 94 heavy (non-hydrogen) atoms. The highest BCUT2D eigenvalue weighted by atomic mass is 31.2. The van der Waals surface area contributed by atoms with Crippen molar-refractivity contribution in [1.29, 1.82) is 0 Å². The number of hydrogen-bond donors (Lipinski definition) is 3. The average Bonchev–Trinajstić information content (AvgIpc) is 2.00. The summed E-state index contributed by atoms with van der Waals surface area (Å²) >= 11 is 0. The van der Waals surface area contributed by atoms with Crippen molar-refractivity contribution in [3.05, 3.63) is 24.3 Å². The number of unbranched alkanes of at least 4 members (excludes halogenated alkanes) is 42. The number of allylic oxidation sites excluding steroid dienone is 4. The Kier molecular flexibility index (Phi) is 65.9. The van der Waals surface area contributed by atoms with Crippen LogP contribution in [0.4, 0.5) is 0 Å². The highest BCUT2D eigenvalue weighted by Gasteiger charge is 2.30. The van der Waals surface area contributed by atoms with Gasteiger partial charge in [0.05, 0.1) is 26.4 Å². The molecule has 0 saturated carbocycles. The largest absolute Gasteiger partial charge is 0.472 e. The summed E-state index contributed by atoms with van der Waals surface area (Å²) in [6.45, 7) is 7.16. The van der Waals surface area contributed by atoms with Gasteiger partial charge in [-0.15, -0.1) is 0 Å². The van der Waals surface area contributed by atoms with Gasteiger partial charge >= 0.3 is 39.5 Å². The number of esters is 4. The molecule has 0 aromatic heterocycles.